The number of carbonyl (C=O) groups is 1. The second kappa shape index (κ2) is 10.2. The molecule has 8 nitrogen and oxygen atoms in total. The van der Waals surface area contributed by atoms with Crippen molar-refractivity contribution in [2.24, 2.45) is 7.05 Å². The standard InChI is InChI=1S/C22H21FN6O2S/c1-29-20(21-25-19(28-31-21)16-9-11-17(23)12-10-16)26-27-22(29)32-14-18(30)24-13-5-8-15-6-3-2-4-7-15/h2-4,6-7,9-12H,5,8,13-14H2,1H3,(H,24,30). The molecule has 0 radical (unpaired) electrons. The Hall–Kier alpha value is -3.53. The van der Waals surface area contributed by atoms with Gasteiger partial charge in [-0.1, -0.05) is 47.3 Å². The maximum atomic E-state index is 13.1. The first-order valence-electron chi connectivity index (χ1n) is 10.0. The van der Waals surface area contributed by atoms with Gasteiger partial charge in [0.05, 0.1) is 5.75 Å². The minimum Gasteiger partial charge on any atom is -0.355 e. The quantitative estimate of drug-likeness (QED) is 0.306. The summed E-state index contributed by atoms with van der Waals surface area (Å²) in [5.41, 5.74) is 1.88. The monoisotopic (exact) mass is 452 g/mol. The summed E-state index contributed by atoms with van der Waals surface area (Å²) in [6.07, 6.45) is 1.80. The van der Waals surface area contributed by atoms with E-state index in [1.54, 1.807) is 23.7 Å². The third-order valence-electron chi connectivity index (χ3n) is 4.69. The molecule has 0 fully saturated rings. The van der Waals surface area contributed by atoms with E-state index in [0.717, 1.165) is 12.8 Å². The van der Waals surface area contributed by atoms with Gasteiger partial charge in [0.2, 0.25) is 17.6 Å². The van der Waals surface area contributed by atoms with E-state index in [-0.39, 0.29) is 23.4 Å². The molecule has 32 heavy (non-hydrogen) atoms. The number of amides is 1. The second-order valence-corrected chi connectivity index (χ2v) is 7.97. The van der Waals surface area contributed by atoms with Crippen LogP contribution in [0.5, 0.6) is 0 Å². The van der Waals surface area contributed by atoms with Crippen LogP contribution in [0.15, 0.2) is 64.3 Å². The second-order valence-electron chi connectivity index (χ2n) is 7.02. The number of aryl methyl sites for hydroxylation is 1. The predicted molar refractivity (Wildman–Crippen MR) is 118 cm³/mol. The van der Waals surface area contributed by atoms with Crippen LogP contribution in [-0.4, -0.2) is 43.1 Å². The van der Waals surface area contributed by atoms with E-state index >= 15 is 0 Å². The summed E-state index contributed by atoms with van der Waals surface area (Å²) < 4.78 is 20.1. The number of aromatic nitrogens is 5. The topological polar surface area (TPSA) is 98.7 Å². The fourth-order valence-electron chi connectivity index (χ4n) is 3.00. The lowest BCUT2D eigenvalue weighted by Crippen LogP contribution is -2.26. The van der Waals surface area contributed by atoms with Crippen LogP contribution >= 0.6 is 11.8 Å². The molecular weight excluding hydrogens is 431 g/mol. The molecule has 2 aromatic carbocycles. The fourth-order valence-corrected chi connectivity index (χ4v) is 3.74. The molecule has 0 spiro atoms. The lowest BCUT2D eigenvalue weighted by molar-refractivity contribution is -0.118. The van der Waals surface area contributed by atoms with Gasteiger partial charge < -0.3 is 14.4 Å². The van der Waals surface area contributed by atoms with Crippen molar-refractivity contribution in [3.05, 3.63) is 66.0 Å². The smallest absolute Gasteiger partial charge is 0.296 e. The van der Waals surface area contributed by atoms with Crippen LogP contribution in [0, 0.1) is 5.82 Å². The molecule has 0 aliphatic rings. The Morgan fingerprint density at radius 1 is 1.12 bits per heavy atom. The minimum absolute atomic E-state index is 0.0657. The van der Waals surface area contributed by atoms with Gasteiger partial charge in [0.25, 0.3) is 5.89 Å². The van der Waals surface area contributed by atoms with Crippen LogP contribution in [0.3, 0.4) is 0 Å². The van der Waals surface area contributed by atoms with Crippen molar-refractivity contribution >= 4 is 17.7 Å². The summed E-state index contributed by atoms with van der Waals surface area (Å²) >= 11 is 1.28. The maximum Gasteiger partial charge on any atom is 0.296 e. The lowest BCUT2D eigenvalue weighted by atomic mass is 10.1. The zero-order valence-electron chi connectivity index (χ0n) is 17.4. The number of thioether (sulfide) groups is 1. The van der Waals surface area contributed by atoms with Crippen LogP contribution in [0.2, 0.25) is 0 Å². The number of carbonyl (C=O) groups excluding carboxylic acids is 1. The van der Waals surface area contributed by atoms with Crippen molar-refractivity contribution in [2.45, 2.75) is 18.0 Å². The van der Waals surface area contributed by atoms with Crippen molar-refractivity contribution in [1.29, 1.82) is 0 Å². The largest absolute Gasteiger partial charge is 0.355 e. The zero-order valence-corrected chi connectivity index (χ0v) is 18.2. The van der Waals surface area contributed by atoms with Gasteiger partial charge in [0, 0.05) is 19.2 Å². The molecule has 2 aromatic heterocycles. The van der Waals surface area contributed by atoms with Gasteiger partial charge in [0.15, 0.2) is 5.16 Å². The van der Waals surface area contributed by atoms with Crippen molar-refractivity contribution in [3.8, 4) is 23.1 Å². The number of hydrogen-bond donors (Lipinski definition) is 1. The summed E-state index contributed by atoms with van der Waals surface area (Å²) in [7, 11) is 1.76. The van der Waals surface area contributed by atoms with Crippen molar-refractivity contribution in [3.63, 3.8) is 0 Å². The van der Waals surface area contributed by atoms with E-state index in [1.807, 2.05) is 18.2 Å². The number of rotatable bonds is 9. The van der Waals surface area contributed by atoms with Gasteiger partial charge in [0.1, 0.15) is 5.82 Å². The Balaban J connectivity index is 1.28. The molecule has 0 saturated carbocycles. The minimum atomic E-state index is -0.340. The highest BCUT2D eigenvalue weighted by molar-refractivity contribution is 7.99. The lowest BCUT2D eigenvalue weighted by Gasteiger charge is -2.05. The van der Waals surface area contributed by atoms with Crippen LogP contribution < -0.4 is 5.32 Å². The van der Waals surface area contributed by atoms with Crippen molar-refractivity contribution in [1.82, 2.24) is 30.2 Å². The molecule has 0 aliphatic carbocycles. The van der Waals surface area contributed by atoms with Gasteiger partial charge in [-0.25, -0.2) is 4.39 Å². The Bertz CT molecular complexity index is 1180. The molecule has 4 aromatic rings. The third-order valence-corrected chi connectivity index (χ3v) is 5.71. The molecular formula is C22H21FN6O2S. The van der Waals surface area contributed by atoms with Gasteiger partial charge in [-0.15, -0.1) is 10.2 Å². The Morgan fingerprint density at radius 2 is 1.91 bits per heavy atom. The highest BCUT2D eigenvalue weighted by atomic mass is 32.2. The van der Waals surface area contributed by atoms with Crippen LogP contribution in [0.1, 0.15) is 12.0 Å². The SMILES string of the molecule is Cn1c(SCC(=O)NCCCc2ccccc2)nnc1-c1nc(-c2ccc(F)cc2)no1. The number of benzene rings is 2. The Labute approximate surface area is 188 Å². The molecule has 0 saturated heterocycles. The summed E-state index contributed by atoms with van der Waals surface area (Å²) in [6.45, 7) is 0.618. The molecule has 1 N–H and O–H groups in total. The first-order chi connectivity index (χ1) is 15.6. The summed E-state index contributed by atoms with van der Waals surface area (Å²) in [4.78, 5) is 16.5. The zero-order chi connectivity index (χ0) is 22.3. The molecule has 1 amide bonds. The molecule has 0 unspecified atom stereocenters. The normalized spacial score (nSPS) is 10.9. The molecule has 10 heteroatoms. The van der Waals surface area contributed by atoms with Crippen molar-refractivity contribution in [2.75, 3.05) is 12.3 Å². The molecule has 0 aliphatic heterocycles. The predicted octanol–water partition coefficient (Wildman–Crippen LogP) is 3.51. The highest BCUT2D eigenvalue weighted by Gasteiger charge is 2.19. The van der Waals surface area contributed by atoms with Crippen LogP contribution in [0.25, 0.3) is 23.1 Å². The Kier molecular flexibility index (Phi) is 6.90. The van der Waals surface area contributed by atoms with Gasteiger partial charge >= 0.3 is 0 Å². The van der Waals surface area contributed by atoms with Gasteiger partial charge in [-0.05, 0) is 42.7 Å². The molecule has 0 bridgehead atoms. The van der Waals surface area contributed by atoms with Gasteiger partial charge in [-0.2, -0.15) is 4.98 Å². The van der Waals surface area contributed by atoms with E-state index in [0.29, 0.717) is 28.9 Å². The Morgan fingerprint density at radius 3 is 2.69 bits per heavy atom. The summed E-state index contributed by atoms with van der Waals surface area (Å²) in [5.74, 6) is 0.721. The van der Waals surface area contributed by atoms with Gasteiger partial charge in [-0.3, -0.25) is 4.79 Å². The first kappa shape index (κ1) is 21.7. The molecule has 4 rings (SSSR count). The third kappa shape index (κ3) is 5.38. The van der Waals surface area contributed by atoms with E-state index in [2.05, 4.69) is 37.8 Å². The van der Waals surface area contributed by atoms with Crippen LogP contribution in [0.4, 0.5) is 4.39 Å². The maximum absolute atomic E-state index is 13.1. The van der Waals surface area contributed by atoms with Crippen LogP contribution in [-0.2, 0) is 18.3 Å². The fraction of sp³-hybridized carbons (Fsp3) is 0.227. The van der Waals surface area contributed by atoms with E-state index in [9.17, 15) is 9.18 Å². The van der Waals surface area contributed by atoms with E-state index < -0.39 is 0 Å². The first-order valence-corrected chi connectivity index (χ1v) is 11.0. The number of hydrogen-bond acceptors (Lipinski definition) is 7. The molecule has 0 atom stereocenters. The summed E-state index contributed by atoms with van der Waals surface area (Å²) in [5, 5.41) is 15.6. The number of halogens is 1. The van der Waals surface area contributed by atoms with E-state index in [1.165, 1.54) is 29.5 Å². The molecule has 2 heterocycles. The average Bonchev–Trinajstić information content (AvgIpc) is 3.43. The number of nitrogens with one attached hydrogen (secondary N) is 1. The van der Waals surface area contributed by atoms with E-state index in [4.69, 9.17) is 4.52 Å². The highest BCUT2D eigenvalue weighted by Crippen LogP contribution is 2.24. The average molecular weight is 453 g/mol. The number of nitrogens with zero attached hydrogens (tertiary/aromatic N) is 5. The van der Waals surface area contributed by atoms with Crippen molar-refractivity contribution < 1.29 is 13.7 Å². The summed E-state index contributed by atoms with van der Waals surface area (Å²) in [6, 6.07) is 16.0. The molecule has 164 valence electrons.